The van der Waals surface area contributed by atoms with Gasteiger partial charge in [0.15, 0.2) is 5.78 Å². The van der Waals surface area contributed by atoms with Gasteiger partial charge in [-0.1, -0.05) is 45.9 Å². The third-order valence-electron chi connectivity index (χ3n) is 15.2. The minimum absolute atomic E-state index is 0.0392. The highest BCUT2D eigenvalue weighted by Gasteiger charge is 2.53. The van der Waals surface area contributed by atoms with Crippen molar-refractivity contribution in [2.45, 2.75) is 104 Å². The van der Waals surface area contributed by atoms with Crippen LogP contribution in [0.1, 0.15) is 114 Å². The molecule has 1 saturated carbocycles. The number of allylic oxidation sites excluding steroid dienone is 4. The standard InChI is InChI=1S/C55H62FN5O15/c1-25-11-10-12-26(2)53(70)58-43-34(23-57-60-18-16-59(17-19-60)38-22-37-33(21-36(38)56)47(66)35(54(71)72)24-61(37)32-13-14-32)48(67)40-41(49(43)68)46(65)30(6)51-42(40)52(69)55(8,76-51)74-20-15-39(73-9)27(3)50(75-31(7)62)29(5)45(64)28(4)44(25)63/h10-12,15,20-25,27-29,32,39,44-45,50,63-65H,13-14,16-19H2,1-9H3,(H,58,70)(H,71,72)/b11-10+,20-15+,26-12-,57-23+/t25-,27+,28+,29+,39-,44-,45+,50+,55-/m0/s1. The number of aromatic nitrogens is 1. The van der Waals surface area contributed by atoms with Crippen LogP contribution in [0.2, 0.25) is 0 Å². The number of halogens is 1. The number of hydrogen-bond donors (Lipinski definition) is 5. The monoisotopic (exact) mass is 1050 g/mol. The largest absolute Gasteiger partial charge is 0.507 e. The predicted octanol–water partition coefficient (Wildman–Crippen LogP) is 5.30. The minimum Gasteiger partial charge on any atom is -0.507 e. The number of methoxy groups -OCH3 is 1. The third kappa shape index (κ3) is 10.1. The highest BCUT2D eigenvalue weighted by molar-refractivity contribution is 6.37. The van der Waals surface area contributed by atoms with Crippen molar-refractivity contribution >= 4 is 58.0 Å². The molecule has 5 bridgehead atoms. The van der Waals surface area contributed by atoms with Gasteiger partial charge in [-0.2, -0.15) is 5.10 Å². The number of esters is 1. The first-order valence-electron chi connectivity index (χ1n) is 25.1. The van der Waals surface area contributed by atoms with E-state index in [2.05, 4.69) is 10.4 Å². The number of pyridine rings is 1. The predicted molar refractivity (Wildman–Crippen MR) is 274 cm³/mol. The average Bonchev–Trinajstić information content (AvgIpc) is 4.20. The number of nitrogens with zero attached hydrogens (tertiary/aromatic N) is 4. The molecule has 0 radical (unpaired) electrons. The number of ether oxygens (including phenoxy) is 4. The number of anilines is 1. The first kappa shape index (κ1) is 54.8. The lowest BCUT2D eigenvalue weighted by molar-refractivity contribution is -0.160. The second-order valence-corrected chi connectivity index (χ2v) is 20.4. The summed E-state index contributed by atoms with van der Waals surface area (Å²) >= 11 is 0. The number of hydrazone groups is 1. The van der Waals surface area contributed by atoms with Crippen LogP contribution < -0.4 is 20.4 Å². The smallest absolute Gasteiger partial charge is 0.341 e. The summed E-state index contributed by atoms with van der Waals surface area (Å²) < 4.78 is 41.2. The maximum atomic E-state index is 15.9. The number of carbonyl (C=O) groups excluding carboxylic acids is 5. The number of carboxylic acids is 1. The van der Waals surface area contributed by atoms with Crippen molar-refractivity contribution in [1.82, 2.24) is 14.9 Å². The molecule has 20 nitrogen and oxygen atoms in total. The van der Waals surface area contributed by atoms with E-state index in [9.17, 15) is 49.2 Å². The third-order valence-corrected chi connectivity index (χ3v) is 15.2. The van der Waals surface area contributed by atoms with Gasteiger partial charge in [-0.15, -0.1) is 0 Å². The van der Waals surface area contributed by atoms with E-state index in [0.717, 1.165) is 31.4 Å². The highest BCUT2D eigenvalue weighted by Crippen LogP contribution is 2.49. The number of piperazine rings is 1. The van der Waals surface area contributed by atoms with Crippen molar-refractivity contribution in [2.24, 2.45) is 28.8 Å². The molecule has 9 atom stereocenters. The maximum Gasteiger partial charge on any atom is 0.341 e. The van der Waals surface area contributed by atoms with Gasteiger partial charge in [-0.05, 0) is 44.9 Å². The van der Waals surface area contributed by atoms with Crippen molar-refractivity contribution in [3.8, 4) is 11.5 Å². The van der Waals surface area contributed by atoms with Gasteiger partial charge in [-0.3, -0.25) is 33.8 Å². The zero-order chi connectivity index (χ0) is 55.4. The van der Waals surface area contributed by atoms with Crippen LogP contribution in [0.5, 0.6) is 11.5 Å². The van der Waals surface area contributed by atoms with E-state index < -0.39 is 134 Å². The van der Waals surface area contributed by atoms with Crippen LogP contribution >= 0.6 is 0 Å². The number of ketones is 3. The molecule has 2 aromatic carbocycles. The zero-order valence-corrected chi connectivity index (χ0v) is 43.6. The summed E-state index contributed by atoms with van der Waals surface area (Å²) in [5.74, 6) is -12.4. The van der Waals surface area contributed by atoms with E-state index in [-0.39, 0.29) is 65.7 Å². The van der Waals surface area contributed by atoms with Crippen LogP contribution in [0, 0.1) is 36.4 Å². The van der Waals surface area contributed by atoms with Crippen molar-refractivity contribution < 1.29 is 72.5 Å². The Hall–Kier alpha value is -7.49. The normalized spacial score (nSPS) is 29.2. The second kappa shape index (κ2) is 21.3. The number of hydrogen-bond acceptors (Lipinski definition) is 17. The summed E-state index contributed by atoms with van der Waals surface area (Å²) in [7, 11) is 1.40. The molecule has 0 spiro atoms. The molecular formula is C55H62FN5O15. The number of fused-ring (bicyclic) bond motifs is 15. The van der Waals surface area contributed by atoms with Crippen LogP contribution in [-0.2, 0) is 23.8 Å². The first-order valence-corrected chi connectivity index (χ1v) is 25.1. The molecule has 2 fully saturated rings. The fourth-order valence-corrected chi connectivity index (χ4v) is 10.4. The van der Waals surface area contributed by atoms with E-state index in [1.54, 1.807) is 48.2 Å². The maximum absolute atomic E-state index is 15.9. The van der Waals surface area contributed by atoms with Crippen LogP contribution in [0.4, 0.5) is 10.1 Å². The summed E-state index contributed by atoms with van der Waals surface area (Å²) in [6, 6.07) is 2.55. The Labute approximate surface area is 436 Å². The number of amides is 1. The number of aliphatic hydroxyl groups is 2. The molecule has 21 heteroatoms. The fourth-order valence-electron chi connectivity index (χ4n) is 10.4. The molecule has 5 heterocycles. The first-order chi connectivity index (χ1) is 35.9. The Morgan fingerprint density at radius 2 is 1.61 bits per heavy atom. The van der Waals surface area contributed by atoms with Gasteiger partial charge in [0.1, 0.15) is 34.7 Å². The number of carboxylic acid groups (broad SMARTS) is 1. The number of benzene rings is 2. The molecule has 2 aliphatic carbocycles. The van der Waals surface area contributed by atoms with Gasteiger partial charge < -0.3 is 54.2 Å². The Balaban J connectivity index is 1.16. The number of aliphatic hydroxyl groups excluding tert-OH is 2. The Kier molecular flexibility index (Phi) is 15.3. The van der Waals surface area contributed by atoms with Crippen molar-refractivity contribution in [3.63, 3.8) is 0 Å². The van der Waals surface area contributed by atoms with E-state index in [0.29, 0.717) is 5.52 Å². The topological polar surface area (TPSA) is 273 Å². The number of phenols is 1. The van der Waals surface area contributed by atoms with E-state index in [4.69, 9.17) is 18.9 Å². The minimum atomic E-state index is -2.19. The number of phenolic OH excluding ortho intramolecular Hbond substituents is 1. The summed E-state index contributed by atoms with van der Waals surface area (Å²) in [5, 5.41) is 53.0. The molecule has 1 aromatic heterocycles. The van der Waals surface area contributed by atoms with Gasteiger partial charge in [-0.25, -0.2) is 9.18 Å². The number of carbonyl (C=O) groups is 6. The number of aromatic carboxylic acids is 1. The quantitative estimate of drug-likeness (QED) is 0.148. The van der Waals surface area contributed by atoms with Crippen molar-refractivity contribution in [2.75, 3.05) is 38.2 Å². The molecule has 76 heavy (non-hydrogen) atoms. The van der Waals surface area contributed by atoms with Gasteiger partial charge in [0.05, 0.1) is 77.3 Å². The van der Waals surface area contributed by atoms with Crippen LogP contribution in [0.25, 0.3) is 10.9 Å². The molecule has 3 aromatic rings. The second-order valence-electron chi connectivity index (χ2n) is 20.4. The van der Waals surface area contributed by atoms with Gasteiger partial charge in [0.2, 0.25) is 11.2 Å². The fraction of sp³-hybridized carbons (Fsp3) is 0.455. The molecule has 1 amide bonds. The van der Waals surface area contributed by atoms with E-state index in [1.807, 2.05) is 0 Å². The molecule has 4 aliphatic heterocycles. The molecule has 1 saturated heterocycles. The molecule has 404 valence electrons. The van der Waals surface area contributed by atoms with Crippen molar-refractivity contribution in [1.29, 1.82) is 0 Å². The lowest BCUT2D eigenvalue weighted by Crippen LogP contribution is -2.46. The summed E-state index contributed by atoms with van der Waals surface area (Å²) in [4.78, 5) is 97.6. The number of nitrogens with one attached hydrogen (secondary N) is 1. The molecule has 5 N–H and O–H groups in total. The molecule has 9 rings (SSSR count). The number of aromatic hydroxyl groups is 1. The SMILES string of the molecule is CO[C@H]1/C=C/O[C@@]2(C)Oc3c(C)c(O)c4c(c3C2=O)C(=O)C(/C=N/N2CCN(c3cc5c(cc3F)c(=O)c(C(=O)O)cn5C3CC3)CC2)=C(NC(=O)/C(C)=C\C=C\[C@H](C)[C@H](O)[C@@H](C)[C@@H](O)[C@@H](C)[C@H](OC(C)=O)[C@@H]1C)C4=O. The summed E-state index contributed by atoms with van der Waals surface area (Å²) in [5.41, 5.74) is -3.18. The highest BCUT2D eigenvalue weighted by atomic mass is 19.1. The van der Waals surface area contributed by atoms with Gasteiger partial charge in [0, 0.05) is 86.5 Å². The summed E-state index contributed by atoms with van der Waals surface area (Å²) in [6.45, 7) is 12.7. The Bertz CT molecular complexity index is 3160. The van der Waals surface area contributed by atoms with Crippen LogP contribution in [0.15, 0.2) is 75.6 Å². The number of rotatable bonds is 7. The zero-order valence-electron chi connectivity index (χ0n) is 43.6. The van der Waals surface area contributed by atoms with E-state index in [1.165, 1.54) is 65.3 Å². The van der Waals surface area contributed by atoms with Gasteiger partial charge >= 0.3 is 17.7 Å². The molecule has 6 aliphatic rings. The molecular weight excluding hydrogens is 990 g/mol. The Morgan fingerprint density at radius 1 is 0.921 bits per heavy atom. The lowest BCUT2D eigenvalue weighted by Gasteiger charge is -2.38. The Morgan fingerprint density at radius 3 is 2.24 bits per heavy atom. The van der Waals surface area contributed by atoms with Crippen molar-refractivity contribution in [3.05, 3.63) is 110 Å². The van der Waals surface area contributed by atoms with Crippen LogP contribution in [-0.4, -0.2) is 135 Å². The van der Waals surface area contributed by atoms with E-state index >= 15 is 9.18 Å². The van der Waals surface area contributed by atoms with Crippen LogP contribution in [0.3, 0.4) is 0 Å². The molecule has 0 unspecified atom stereocenters. The lowest BCUT2D eigenvalue weighted by atomic mass is 9.78. The number of Topliss-reactive ketones (excluding diaryl/α,β-unsaturated/α-hetero) is 3. The van der Waals surface area contributed by atoms with Gasteiger partial charge in [0.25, 0.3) is 11.7 Å². The summed E-state index contributed by atoms with van der Waals surface area (Å²) in [6.07, 6.45) is 6.85. The average molecular weight is 1050 g/mol.